The van der Waals surface area contributed by atoms with E-state index in [2.05, 4.69) is 15.6 Å². The fourth-order valence-electron chi connectivity index (χ4n) is 2.67. The van der Waals surface area contributed by atoms with Gasteiger partial charge in [0.25, 0.3) is 0 Å². The minimum absolute atomic E-state index is 0.0964. The van der Waals surface area contributed by atoms with Crippen molar-refractivity contribution in [3.05, 3.63) is 29.4 Å². The molecular weight excluding hydrogens is 284 g/mol. The monoisotopic (exact) mass is 304 g/mol. The van der Waals surface area contributed by atoms with Crippen LogP contribution in [0.4, 0.5) is 5.69 Å². The Morgan fingerprint density at radius 3 is 2.86 bits per heavy atom. The lowest BCUT2D eigenvalue weighted by Crippen LogP contribution is -2.20. The van der Waals surface area contributed by atoms with E-state index in [9.17, 15) is 4.79 Å². The van der Waals surface area contributed by atoms with E-state index >= 15 is 0 Å². The summed E-state index contributed by atoms with van der Waals surface area (Å²) in [6.07, 6.45) is 5.72. The maximum atomic E-state index is 12.1. The third-order valence-electron chi connectivity index (χ3n) is 3.97. The van der Waals surface area contributed by atoms with Gasteiger partial charge in [0.15, 0.2) is 0 Å². The Kier molecular flexibility index (Phi) is 4.24. The van der Waals surface area contributed by atoms with Crippen molar-refractivity contribution in [3.63, 3.8) is 0 Å². The van der Waals surface area contributed by atoms with E-state index in [4.69, 9.17) is 9.26 Å². The molecule has 0 spiro atoms. The second kappa shape index (κ2) is 6.31. The van der Waals surface area contributed by atoms with Gasteiger partial charge in [-0.2, -0.15) is 5.10 Å². The number of aromatic nitrogens is 3. The van der Waals surface area contributed by atoms with Crippen LogP contribution in [0.25, 0.3) is 0 Å². The highest BCUT2D eigenvalue weighted by molar-refractivity contribution is 5.92. The van der Waals surface area contributed by atoms with Crippen molar-refractivity contribution in [2.45, 2.75) is 39.2 Å². The molecule has 1 aliphatic rings. The largest absolute Gasteiger partial charge is 0.381 e. The SMILES string of the molecule is Cc1noc(C)c1CC(=O)Nc1cnn(C2CCOCC2)c1. The molecule has 1 N–H and O–H groups in total. The van der Waals surface area contributed by atoms with Crippen molar-refractivity contribution < 1.29 is 14.1 Å². The maximum Gasteiger partial charge on any atom is 0.229 e. The van der Waals surface area contributed by atoms with Gasteiger partial charge in [-0.3, -0.25) is 9.48 Å². The zero-order valence-corrected chi connectivity index (χ0v) is 12.8. The summed E-state index contributed by atoms with van der Waals surface area (Å²) in [6, 6.07) is 0.349. The molecule has 0 aromatic carbocycles. The molecule has 7 heteroatoms. The molecule has 0 unspecified atom stereocenters. The molecule has 3 rings (SSSR count). The summed E-state index contributed by atoms with van der Waals surface area (Å²) < 4.78 is 12.3. The van der Waals surface area contributed by atoms with Crippen LogP contribution in [0.2, 0.25) is 0 Å². The number of anilines is 1. The smallest absolute Gasteiger partial charge is 0.229 e. The van der Waals surface area contributed by atoms with Crippen LogP contribution in [0.1, 0.15) is 35.9 Å². The maximum absolute atomic E-state index is 12.1. The fraction of sp³-hybridized carbons (Fsp3) is 0.533. The Morgan fingerprint density at radius 1 is 1.41 bits per heavy atom. The summed E-state index contributed by atoms with van der Waals surface area (Å²) in [5, 5.41) is 11.1. The first kappa shape index (κ1) is 14.8. The fourth-order valence-corrected chi connectivity index (χ4v) is 2.67. The molecule has 0 radical (unpaired) electrons. The van der Waals surface area contributed by atoms with Crippen molar-refractivity contribution >= 4 is 11.6 Å². The highest BCUT2D eigenvalue weighted by atomic mass is 16.5. The first-order valence-corrected chi connectivity index (χ1v) is 7.47. The van der Waals surface area contributed by atoms with Crippen molar-refractivity contribution in [3.8, 4) is 0 Å². The molecule has 1 saturated heterocycles. The van der Waals surface area contributed by atoms with E-state index in [1.807, 2.05) is 24.7 Å². The summed E-state index contributed by atoms with van der Waals surface area (Å²) in [5.41, 5.74) is 2.31. The number of hydrogen-bond donors (Lipinski definition) is 1. The number of nitrogens with one attached hydrogen (secondary N) is 1. The standard InChI is InChI=1S/C15H20N4O3/c1-10-14(11(2)22-18-10)7-15(20)17-12-8-16-19(9-12)13-3-5-21-6-4-13/h8-9,13H,3-7H2,1-2H3,(H,17,20). The van der Waals surface area contributed by atoms with Crippen molar-refractivity contribution in [2.24, 2.45) is 0 Å². The highest BCUT2D eigenvalue weighted by Crippen LogP contribution is 2.21. The Labute approximate surface area is 128 Å². The second-order valence-corrected chi connectivity index (χ2v) is 5.58. The minimum atomic E-state index is -0.0964. The van der Waals surface area contributed by atoms with Crippen LogP contribution in [-0.2, 0) is 16.0 Å². The first-order valence-electron chi connectivity index (χ1n) is 7.47. The van der Waals surface area contributed by atoms with Crippen LogP contribution < -0.4 is 5.32 Å². The zero-order chi connectivity index (χ0) is 15.5. The van der Waals surface area contributed by atoms with Gasteiger partial charge in [-0.25, -0.2) is 0 Å². The molecule has 1 amide bonds. The van der Waals surface area contributed by atoms with Gasteiger partial charge in [0.2, 0.25) is 5.91 Å². The Morgan fingerprint density at radius 2 is 2.18 bits per heavy atom. The van der Waals surface area contributed by atoms with Gasteiger partial charge in [-0.1, -0.05) is 5.16 Å². The predicted molar refractivity (Wildman–Crippen MR) is 79.6 cm³/mol. The summed E-state index contributed by atoms with van der Waals surface area (Å²) in [6.45, 7) is 5.17. The van der Waals surface area contributed by atoms with E-state index < -0.39 is 0 Å². The predicted octanol–water partition coefficient (Wildman–Crippen LogP) is 2.02. The molecule has 22 heavy (non-hydrogen) atoms. The van der Waals surface area contributed by atoms with Crippen LogP contribution in [0, 0.1) is 13.8 Å². The lowest BCUT2D eigenvalue weighted by atomic mass is 10.1. The molecule has 0 saturated carbocycles. The number of aryl methyl sites for hydroxylation is 2. The van der Waals surface area contributed by atoms with Crippen molar-refractivity contribution in [1.82, 2.24) is 14.9 Å². The second-order valence-electron chi connectivity index (χ2n) is 5.58. The highest BCUT2D eigenvalue weighted by Gasteiger charge is 2.18. The van der Waals surface area contributed by atoms with Gasteiger partial charge in [0.05, 0.1) is 30.0 Å². The molecular formula is C15H20N4O3. The van der Waals surface area contributed by atoms with E-state index in [1.54, 1.807) is 6.20 Å². The summed E-state index contributed by atoms with van der Waals surface area (Å²) in [5.74, 6) is 0.589. The zero-order valence-electron chi connectivity index (χ0n) is 12.8. The molecule has 2 aromatic heterocycles. The summed E-state index contributed by atoms with van der Waals surface area (Å²) >= 11 is 0. The van der Waals surface area contributed by atoms with E-state index in [1.165, 1.54) is 0 Å². The van der Waals surface area contributed by atoms with E-state index in [-0.39, 0.29) is 12.3 Å². The van der Waals surface area contributed by atoms with Gasteiger partial charge >= 0.3 is 0 Å². The van der Waals surface area contributed by atoms with Gasteiger partial charge in [-0.05, 0) is 26.7 Å². The van der Waals surface area contributed by atoms with Crippen LogP contribution in [0.5, 0.6) is 0 Å². The number of carbonyl (C=O) groups excluding carboxylic acids is 1. The van der Waals surface area contributed by atoms with E-state index in [0.717, 1.165) is 37.3 Å². The van der Waals surface area contributed by atoms with Crippen LogP contribution in [0.15, 0.2) is 16.9 Å². The van der Waals surface area contributed by atoms with Crippen LogP contribution in [0.3, 0.4) is 0 Å². The number of amides is 1. The average Bonchev–Trinajstić information content (AvgIpc) is 3.10. The normalized spacial score (nSPS) is 15.9. The lowest BCUT2D eigenvalue weighted by Gasteiger charge is -2.22. The molecule has 3 heterocycles. The van der Waals surface area contributed by atoms with Gasteiger partial charge in [-0.15, -0.1) is 0 Å². The van der Waals surface area contributed by atoms with Crippen molar-refractivity contribution in [1.29, 1.82) is 0 Å². The number of carbonyl (C=O) groups is 1. The topological polar surface area (TPSA) is 82.2 Å². The van der Waals surface area contributed by atoms with Gasteiger partial charge < -0.3 is 14.6 Å². The molecule has 0 bridgehead atoms. The number of ether oxygens (including phenoxy) is 1. The molecule has 118 valence electrons. The minimum Gasteiger partial charge on any atom is -0.381 e. The third-order valence-corrected chi connectivity index (χ3v) is 3.97. The molecule has 0 atom stereocenters. The van der Waals surface area contributed by atoms with E-state index in [0.29, 0.717) is 17.5 Å². The lowest BCUT2D eigenvalue weighted by molar-refractivity contribution is -0.115. The Bertz CT molecular complexity index is 636. The van der Waals surface area contributed by atoms with Gasteiger partial charge in [0.1, 0.15) is 5.76 Å². The average molecular weight is 304 g/mol. The first-order chi connectivity index (χ1) is 10.6. The number of nitrogens with zero attached hydrogens (tertiary/aromatic N) is 3. The molecule has 0 aliphatic carbocycles. The molecule has 1 fully saturated rings. The molecule has 7 nitrogen and oxygen atoms in total. The van der Waals surface area contributed by atoms with Crippen molar-refractivity contribution in [2.75, 3.05) is 18.5 Å². The van der Waals surface area contributed by atoms with Crippen LogP contribution in [-0.4, -0.2) is 34.1 Å². The molecule has 2 aromatic rings. The summed E-state index contributed by atoms with van der Waals surface area (Å²) in [7, 11) is 0. The molecule has 1 aliphatic heterocycles. The van der Waals surface area contributed by atoms with Crippen LogP contribution >= 0.6 is 0 Å². The Hall–Kier alpha value is -2.15. The van der Waals surface area contributed by atoms with Gasteiger partial charge in [0, 0.05) is 25.0 Å². The quantitative estimate of drug-likeness (QED) is 0.934. The third kappa shape index (κ3) is 3.19. The number of rotatable bonds is 4. The summed E-state index contributed by atoms with van der Waals surface area (Å²) in [4.78, 5) is 12.1. The Balaban J connectivity index is 1.61. The number of hydrogen-bond acceptors (Lipinski definition) is 5.